The van der Waals surface area contributed by atoms with Gasteiger partial charge in [-0.2, -0.15) is 0 Å². The Morgan fingerprint density at radius 2 is 1.68 bits per heavy atom. The van der Waals surface area contributed by atoms with E-state index in [0.717, 1.165) is 6.07 Å². The van der Waals surface area contributed by atoms with Gasteiger partial charge in [-0.1, -0.05) is 29.3 Å². The Bertz CT molecular complexity index is 1260. The summed E-state index contributed by atoms with van der Waals surface area (Å²) in [6.07, 6.45) is -0.300. The molecule has 0 heterocycles. The van der Waals surface area contributed by atoms with Gasteiger partial charge in [-0.25, -0.2) is 4.39 Å². The van der Waals surface area contributed by atoms with Gasteiger partial charge in [0.25, 0.3) is 5.91 Å². The quantitative estimate of drug-likeness (QED) is 0.247. The molecule has 3 aromatic carbocycles. The molecule has 9 heteroatoms. The molecule has 0 fully saturated rings. The molecule has 0 aliphatic carbocycles. The Morgan fingerprint density at radius 3 is 2.26 bits per heavy atom. The zero-order valence-corrected chi connectivity index (χ0v) is 20.2. The summed E-state index contributed by atoms with van der Waals surface area (Å²) in [5.74, 6) is -1.48. The van der Waals surface area contributed by atoms with E-state index < -0.39 is 17.5 Å². The Kier molecular flexibility index (Phi) is 7.91. The van der Waals surface area contributed by atoms with Gasteiger partial charge in [0.2, 0.25) is 0 Å². The van der Waals surface area contributed by atoms with Gasteiger partial charge in [0.05, 0.1) is 12.7 Å². The third kappa shape index (κ3) is 5.73. The van der Waals surface area contributed by atoms with Crippen LogP contribution in [0.2, 0.25) is 10.0 Å². The molecular formula is C25H22Cl2FN3O3. The smallest absolute Gasteiger partial charge is 0.256 e. The number of carbonyl (C=O) groups excluding carboxylic acids is 2. The number of hydrogen-bond acceptors (Lipinski definition) is 4. The van der Waals surface area contributed by atoms with Crippen LogP contribution in [0.15, 0.2) is 54.6 Å². The number of ketones is 1. The predicted octanol–water partition coefficient (Wildman–Crippen LogP) is 5.71. The second-order valence-corrected chi connectivity index (χ2v) is 8.51. The maximum atomic E-state index is 14.8. The number of ether oxygens (including phenoxy) is 1. The highest BCUT2D eigenvalue weighted by Crippen LogP contribution is 2.30. The number of amidine groups is 1. The fourth-order valence-corrected chi connectivity index (χ4v) is 3.65. The number of nitrogens with zero attached hydrogens (tertiary/aromatic N) is 1. The number of rotatable bonds is 7. The summed E-state index contributed by atoms with van der Waals surface area (Å²) in [5, 5.41) is 11.5. The number of halogens is 3. The topological polar surface area (TPSA) is 82.5 Å². The van der Waals surface area contributed by atoms with Crippen LogP contribution >= 0.6 is 23.2 Å². The normalized spacial score (nSPS) is 10.5. The summed E-state index contributed by atoms with van der Waals surface area (Å²) in [4.78, 5) is 27.6. The molecule has 6 nitrogen and oxygen atoms in total. The molecule has 0 aliphatic rings. The first-order valence-electron chi connectivity index (χ1n) is 10.1. The molecule has 0 radical (unpaired) electrons. The zero-order valence-electron chi connectivity index (χ0n) is 18.7. The van der Waals surface area contributed by atoms with Gasteiger partial charge in [-0.15, -0.1) is 0 Å². The van der Waals surface area contributed by atoms with E-state index in [1.54, 1.807) is 38.4 Å². The van der Waals surface area contributed by atoms with E-state index in [-0.39, 0.29) is 39.7 Å². The largest absolute Gasteiger partial charge is 0.496 e. The van der Waals surface area contributed by atoms with Crippen molar-refractivity contribution in [1.82, 2.24) is 4.90 Å². The maximum Gasteiger partial charge on any atom is 0.256 e. The van der Waals surface area contributed by atoms with E-state index in [4.69, 9.17) is 33.3 Å². The number of anilines is 1. The summed E-state index contributed by atoms with van der Waals surface area (Å²) in [5.41, 5.74) is 1.07. The highest BCUT2D eigenvalue weighted by atomic mass is 35.5. The number of nitrogens with one attached hydrogen (secondary N) is 2. The lowest BCUT2D eigenvalue weighted by Gasteiger charge is -2.16. The molecular weight excluding hydrogens is 480 g/mol. The lowest BCUT2D eigenvalue weighted by molar-refractivity contribution is 0.0987. The zero-order chi connectivity index (χ0) is 25.0. The van der Waals surface area contributed by atoms with Gasteiger partial charge in [-0.05, 0) is 48.5 Å². The second-order valence-electron chi connectivity index (χ2n) is 7.63. The van der Waals surface area contributed by atoms with E-state index in [9.17, 15) is 14.0 Å². The van der Waals surface area contributed by atoms with E-state index in [0.29, 0.717) is 16.3 Å². The number of hydrogen-bond donors (Lipinski definition) is 2. The first-order chi connectivity index (χ1) is 16.1. The fourth-order valence-electron chi connectivity index (χ4n) is 3.31. The Balaban J connectivity index is 1.94. The molecule has 0 unspecified atom stereocenters. The summed E-state index contributed by atoms with van der Waals surface area (Å²) in [6.45, 7) is 0. The second kappa shape index (κ2) is 10.7. The number of amides is 1. The molecule has 1 amide bonds. The lowest BCUT2D eigenvalue weighted by atomic mass is 9.96. The molecule has 0 atom stereocenters. The van der Waals surface area contributed by atoms with Crippen molar-refractivity contribution in [1.29, 1.82) is 5.41 Å². The molecule has 3 rings (SSSR count). The minimum absolute atomic E-state index is 0.110. The first-order valence-corrected chi connectivity index (χ1v) is 10.9. The minimum Gasteiger partial charge on any atom is -0.496 e. The van der Waals surface area contributed by atoms with Crippen molar-refractivity contribution in [2.75, 3.05) is 26.5 Å². The molecule has 3 aromatic rings. The highest BCUT2D eigenvalue weighted by molar-refractivity contribution is 6.31. The monoisotopic (exact) mass is 501 g/mol. The average molecular weight is 502 g/mol. The molecule has 2 N–H and O–H groups in total. The van der Waals surface area contributed by atoms with Gasteiger partial charge >= 0.3 is 0 Å². The van der Waals surface area contributed by atoms with Crippen molar-refractivity contribution in [3.8, 4) is 5.75 Å². The van der Waals surface area contributed by atoms with Crippen LogP contribution in [0.4, 0.5) is 10.1 Å². The summed E-state index contributed by atoms with van der Waals surface area (Å²) >= 11 is 12.1. The van der Waals surface area contributed by atoms with E-state index >= 15 is 0 Å². The number of Topliss-reactive ketones (excluding diaryl/α,β-unsaturated/α-hetero) is 1. The Morgan fingerprint density at radius 1 is 1.00 bits per heavy atom. The average Bonchev–Trinajstić information content (AvgIpc) is 2.80. The summed E-state index contributed by atoms with van der Waals surface area (Å²) < 4.78 is 20.1. The number of benzene rings is 3. The fraction of sp³-hybridized carbons (Fsp3) is 0.160. The SMILES string of the molecule is COc1cc(Cl)cc(C(=O)Nc2ccc(Cl)cc2)c1CC(=O)c1ccc(C(=N)N(C)C)cc1F. The Labute approximate surface area is 206 Å². The van der Waals surface area contributed by atoms with Crippen LogP contribution in [0.3, 0.4) is 0 Å². The van der Waals surface area contributed by atoms with Crippen molar-refractivity contribution in [2.24, 2.45) is 0 Å². The van der Waals surface area contributed by atoms with Crippen LogP contribution in [0.1, 0.15) is 31.8 Å². The standard InChI is InChI=1S/C25H22Cl2FN3O3/c1-31(2)24(29)14-4-9-18(21(28)10-14)22(32)13-19-20(11-16(27)12-23(19)34-3)25(33)30-17-7-5-15(26)6-8-17/h4-12,29H,13H2,1-3H3,(H,30,33). The van der Waals surface area contributed by atoms with Gasteiger partial charge in [-0.3, -0.25) is 15.0 Å². The van der Waals surface area contributed by atoms with Crippen molar-refractivity contribution in [3.05, 3.63) is 92.7 Å². The predicted molar refractivity (Wildman–Crippen MR) is 132 cm³/mol. The molecule has 0 bridgehead atoms. The molecule has 0 aromatic heterocycles. The minimum atomic E-state index is -0.755. The van der Waals surface area contributed by atoms with Crippen LogP contribution in [0, 0.1) is 11.2 Å². The van der Waals surface area contributed by atoms with E-state index in [1.807, 2.05) is 0 Å². The van der Waals surface area contributed by atoms with Gasteiger partial charge in [0, 0.05) is 52.9 Å². The third-order valence-corrected chi connectivity index (χ3v) is 5.54. The van der Waals surface area contributed by atoms with Gasteiger partial charge < -0.3 is 15.0 Å². The van der Waals surface area contributed by atoms with Crippen LogP contribution in [0.5, 0.6) is 5.75 Å². The molecule has 0 saturated carbocycles. The van der Waals surface area contributed by atoms with Crippen molar-refractivity contribution >= 4 is 46.4 Å². The van der Waals surface area contributed by atoms with E-state index in [2.05, 4.69) is 5.32 Å². The van der Waals surface area contributed by atoms with E-state index in [1.165, 1.54) is 36.3 Å². The van der Waals surface area contributed by atoms with Crippen LogP contribution in [-0.2, 0) is 6.42 Å². The third-order valence-electron chi connectivity index (χ3n) is 5.07. The molecule has 0 spiro atoms. The van der Waals surface area contributed by atoms with Gasteiger partial charge in [0.15, 0.2) is 5.78 Å². The van der Waals surface area contributed by atoms with Crippen LogP contribution in [0.25, 0.3) is 0 Å². The molecule has 0 saturated heterocycles. The van der Waals surface area contributed by atoms with Crippen molar-refractivity contribution in [3.63, 3.8) is 0 Å². The summed E-state index contributed by atoms with van der Waals surface area (Å²) in [7, 11) is 4.73. The number of methoxy groups -OCH3 is 1. The van der Waals surface area contributed by atoms with Crippen molar-refractivity contribution in [2.45, 2.75) is 6.42 Å². The highest BCUT2D eigenvalue weighted by Gasteiger charge is 2.23. The van der Waals surface area contributed by atoms with Crippen LogP contribution < -0.4 is 10.1 Å². The van der Waals surface area contributed by atoms with Crippen LogP contribution in [-0.4, -0.2) is 43.6 Å². The van der Waals surface area contributed by atoms with Crippen molar-refractivity contribution < 1.29 is 18.7 Å². The first kappa shape index (κ1) is 25.2. The molecule has 34 heavy (non-hydrogen) atoms. The number of carbonyl (C=O) groups is 2. The lowest BCUT2D eigenvalue weighted by Crippen LogP contribution is -2.22. The maximum absolute atomic E-state index is 14.8. The molecule has 176 valence electrons. The van der Waals surface area contributed by atoms with Gasteiger partial charge in [0.1, 0.15) is 17.4 Å². The summed E-state index contributed by atoms with van der Waals surface area (Å²) in [6, 6.07) is 13.4. The Hall–Kier alpha value is -3.42. The molecule has 0 aliphatic heterocycles.